The van der Waals surface area contributed by atoms with Crippen molar-refractivity contribution in [3.8, 4) is 5.69 Å². The predicted octanol–water partition coefficient (Wildman–Crippen LogP) is 4.34. The average Bonchev–Trinajstić information content (AvgIpc) is 3.04. The van der Waals surface area contributed by atoms with Crippen LogP contribution in [0, 0.1) is 13.8 Å². The maximum atomic E-state index is 12.6. The summed E-state index contributed by atoms with van der Waals surface area (Å²) in [5.74, 6) is -0.266. The zero-order chi connectivity index (χ0) is 19.0. The van der Waals surface area contributed by atoms with Gasteiger partial charge in [0.1, 0.15) is 5.52 Å². The van der Waals surface area contributed by atoms with Crippen molar-refractivity contribution >= 4 is 34.4 Å². The number of anilines is 1. The molecule has 0 aliphatic heterocycles. The number of pyridine rings is 1. The number of carbonyl (C=O) groups is 1. The zero-order valence-corrected chi connectivity index (χ0v) is 15.5. The summed E-state index contributed by atoms with van der Waals surface area (Å²) in [5.41, 5.74) is 5.28. The first kappa shape index (κ1) is 17.2. The Balaban J connectivity index is 1.64. The number of benzene rings is 2. The summed E-state index contributed by atoms with van der Waals surface area (Å²) in [6.07, 6.45) is 1.68. The Hall–Kier alpha value is -3.25. The highest BCUT2D eigenvalue weighted by molar-refractivity contribution is 6.34. The molecule has 7 heteroatoms. The molecule has 2 aromatic carbocycles. The zero-order valence-electron chi connectivity index (χ0n) is 14.8. The number of hydrogen-bond donors (Lipinski definition) is 1. The Morgan fingerprint density at radius 1 is 1.07 bits per heavy atom. The van der Waals surface area contributed by atoms with Crippen LogP contribution in [0.5, 0.6) is 0 Å². The van der Waals surface area contributed by atoms with E-state index in [1.165, 1.54) is 0 Å². The van der Waals surface area contributed by atoms with Crippen LogP contribution in [0.4, 0.5) is 5.69 Å². The second-order valence-corrected chi connectivity index (χ2v) is 6.75. The molecule has 134 valence electrons. The van der Waals surface area contributed by atoms with Gasteiger partial charge in [0, 0.05) is 11.9 Å². The van der Waals surface area contributed by atoms with Crippen LogP contribution in [-0.2, 0) is 0 Å². The number of aromatic nitrogens is 4. The molecule has 2 heterocycles. The molecule has 4 rings (SSSR count). The molecule has 0 aliphatic rings. The third kappa shape index (κ3) is 3.39. The van der Waals surface area contributed by atoms with Crippen molar-refractivity contribution in [2.45, 2.75) is 13.8 Å². The summed E-state index contributed by atoms with van der Waals surface area (Å²) >= 11 is 6.38. The van der Waals surface area contributed by atoms with Crippen molar-refractivity contribution in [3.05, 3.63) is 76.4 Å². The number of halogens is 1. The van der Waals surface area contributed by atoms with Crippen LogP contribution in [0.3, 0.4) is 0 Å². The molecule has 0 bridgehead atoms. The smallest absolute Gasteiger partial charge is 0.257 e. The molecular formula is C20H16ClN5O. The molecular weight excluding hydrogens is 362 g/mol. The van der Waals surface area contributed by atoms with Crippen LogP contribution >= 0.6 is 11.6 Å². The third-order valence-corrected chi connectivity index (χ3v) is 4.44. The van der Waals surface area contributed by atoms with Crippen molar-refractivity contribution in [1.29, 1.82) is 0 Å². The summed E-state index contributed by atoms with van der Waals surface area (Å²) in [4.78, 5) is 16.9. The van der Waals surface area contributed by atoms with E-state index in [4.69, 9.17) is 11.6 Å². The molecule has 6 nitrogen and oxygen atoms in total. The molecule has 0 atom stereocenters. The fourth-order valence-corrected chi connectivity index (χ4v) is 3.26. The number of hydrogen-bond acceptors (Lipinski definition) is 4. The molecule has 0 unspecified atom stereocenters. The molecule has 0 fully saturated rings. The van der Waals surface area contributed by atoms with Gasteiger partial charge in [-0.3, -0.25) is 4.79 Å². The fourth-order valence-electron chi connectivity index (χ4n) is 3.00. The van der Waals surface area contributed by atoms with Crippen molar-refractivity contribution in [2.24, 2.45) is 0 Å². The minimum atomic E-state index is -0.266. The monoisotopic (exact) mass is 377 g/mol. The molecule has 0 saturated carbocycles. The van der Waals surface area contributed by atoms with E-state index in [1.54, 1.807) is 35.1 Å². The van der Waals surface area contributed by atoms with Crippen LogP contribution < -0.4 is 5.32 Å². The van der Waals surface area contributed by atoms with Crippen LogP contribution in [0.2, 0.25) is 5.02 Å². The van der Waals surface area contributed by atoms with E-state index in [0.29, 0.717) is 27.4 Å². The van der Waals surface area contributed by atoms with Crippen molar-refractivity contribution < 1.29 is 4.79 Å². The van der Waals surface area contributed by atoms with Gasteiger partial charge < -0.3 is 5.32 Å². The van der Waals surface area contributed by atoms with E-state index in [1.807, 2.05) is 38.1 Å². The maximum Gasteiger partial charge on any atom is 0.257 e. The van der Waals surface area contributed by atoms with Crippen LogP contribution in [-0.4, -0.2) is 25.9 Å². The molecule has 0 aliphatic carbocycles. The molecule has 0 radical (unpaired) electrons. The first-order valence-corrected chi connectivity index (χ1v) is 8.75. The third-order valence-electron chi connectivity index (χ3n) is 4.13. The molecule has 0 spiro atoms. The van der Waals surface area contributed by atoms with E-state index >= 15 is 0 Å². The fraction of sp³-hybridized carbons (Fsp3) is 0.100. The van der Waals surface area contributed by atoms with Gasteiger partial charge >= 0.3 is 0 Å². The number of fused-ring (bicyclic) bond motifs is 1. The molecule has 1 N–H and O–H groups in total. The average molecular weight is 378 g/mol. The molecule has 27 heavy (non-hydrogen) atoms. The molecule has 2 aromatic heterocycles. The van der Waals surface area contributed by atoms with Gasteiger partial charge in [0.15, 0.2) is 5.65 Å². The minimum absolute atomic E-state index is 0.266. The van der Waals surface area contributed by atoms with E-state index in [9.17, 15) is 4.79 Å². The highest BCUT2D eigenvalue weighted by atomic mass is 35.5. The van der Waals surface area contributed by atoms with Gasteiger partial charge in [-0.1, -0.05) is 22.9 Å². The second-order valence-electron chi connectivity index (χ2n) is 6.34. The van der Waals surface area contributed by atoms with Crippen molar-refractivity contribution in [1.82, 2.24) is 20.0 Å². The van der Waals surface area contributed by atoms with E-state index in [0.717, 1.165) is 16.8 Å². The largest absolute Gasteiger partial charge is 0.322 e. The SMILES string of the molecule is Cc1cc(C)cc(NC(=O)c2ccc(-n3nnc4cccnc43)cc2Cl)c1. The normalized spacial score (nSPS) is 10.9. The topological polar surface area (TPSA) is 72.7 Å². The van der Waals surface area contributed by atoms with Crippen molar-refractivity contribution in [2.75, 3.05) is 5.32 Å². The lowest BCUT2D eigenvalue weighted by Gasteiger charge is -2.10. The quantitative estimate of drug-likeness (QED) is 0.576. The lowest BCUT2D eigenvalue weighted by atomic mass is 10.1. The van der Waals surface area contributed by atoms with Gasteiger partial charge in [-0.15, -0.1) is 5.10 Å². The summed E-state index contributed by atoms with van der Waals surface area (Å²) < 4.78 is 1.59. The number of nitrogens with one attached hydrogen (secondary N) is 1. The van der Waals surface area contributed by atoms with E-state index in [-0.39, 0.29) is 5.91 Å². The summed E-state index contributed by atoms with van der Waals surface area (Å²) in [5, 5.41) is 11.4. The van der Waals surface area contributed by atoms with Crippen LogP contribution in [0.25, 0.3) is 16.9 Å². The summed E-state index contributed by atoms with van der Waals surface area (Å²) in [6.45, 7) is 3.97. The highest BCUT2D eigenvalue weighted by Crippen LogP contribution is 2.23. The lowest BCUT2D eigenvalue weighted by Crippen LogP contribution is -2.13. The van der Waals surface area contributed by atoms with Crippen molar-refractivity contribution in [3.63, 3.8) is 0 Å². The van der Waals surface area contributed by atoms with E-state index in [2.05, 4.69) is 20.6 Å². The number of amides is 1. The molecule has 4 aromatic rings. The number of aryl methyl sites for hydroxylation is 2. The lowest BCUT2D eigenvalue weighted by molar-refractivity contribution is 0.102. The molecule has 0 saturated heterocycles. The van der Waals surface area contributed by atoms with Crippen LogP contribution in [0.15, 0.2) is 54.7 Å². The van der Waals surface area contributed by atoms with Gasteiger partial charge in [0.2, 0.25) is 0 Å². The van der Waals surface area contributed by atoms with E-state index < -0.39 is 0 Å². The first-order valence-electron chi connectivity index (χ1n) is 8.37. The van der Waals surface area contributed by atoms with Gasteiger partial charge in [-0.25, -0.2) is 4.98 Å². The maximum absolute atomic E-state index is 12.6. The van der Waals surface area contributed by atoms with Crippen LogP contribution in [0.1, 0.15) is 21.5 Å². The van der Waals surface area contributed by atoms with Gasteiger partial charge in [-0.2, -0.15) is 4.68 Å². The Bertz CT molecular complexity index is 1150. The van der Waals surface area contributed by atoms with Gasteiger partial charge in [0.05, 0.1) is 16.3 Å². The Morgan fingerprint density at radius 3 is 2.59 bits per heavy atom. The first-order chi connectivity index (χ1) is 13.0. The predicted molar refractivity (Wildman–Crippen MR) is 106 cm³/mol. The number of carbonyl (C=O) groups excluding carboxylic acids is 1. The summed E-state index contributed by atoms with van der Waals surface area (Å²) in [7, 11) is 0. The molecule has 1 amide bonds. The standard InChI is InChI=1S/C20H16ClN5O/c1-12-8-13(2)10-14(9-12)23-20(27)16-6-5-15(11-17(16)21)26-19-18(24-25-26)4-3-7-22-19/h3-11H,1-2H3,(H,23,27). The number of rotatable bonds is 3. The second kappa shape index (κ2) is 6.81. The summed E-state index contributed by atoms with van der Waals surface area (Å²) in [6, 6.07) is 14.6. The van der Waals surface area contributed by atoms with Gasteiger partial charge in [-0.05, 0) is 67.4 Å². The highest BCUT2D eigenvalue weighted by Gasteiger charge is 2.14. The Labute approximate surface area is 160 Å². The number of nitrogens with zero attached hydrogens (tertiary/aromatic N) is 4. The Kier molecular flexibility index (Phi) is 4.33. The Morgan fingerprint density at radius 2 is 1.85 bits per heavy atom. The van der Waals surface area contributed by atoms with Gasteiger partial charge in [0.25, 0.3) is 5.91 Å². The minimum Gasteiger partial charge on any atom is -0.322 e.